The molecule has 0 aliphatic carbocycles. The normalized spacial score (nSPS) is 22.9. The first kappa shape index (κ1) is 32.8. The van der Waals surface area contributed by atoms with Crippen LogP contribution in [0.1, 0.15) is 140 Å². The molecule has 0 saturated carbocycles. The second-order valence-corrected chi connectivity index (χ2v) is 11.4. The number of ether oxygens (including phenoxy) is 4. The molecule has 2 aromatic carbocycles. The summed E-state index contributed by atoms with van der Waals surface area (Å²) in [7, 11) is 0. The van der Waals surface area contributed by atoms with E-state index >= 15 is 0 Å². The third-order valence-corrected chi connectivity index (χ3v) is 8.13. The first-order valence-corrected chi connectivity index (χ1v) is 16.4. The maximum absolute atomic E-state index is 6.13. The highest BCUT2D eigenvalue weighted by molar-refractivity contribution is 5.24. The molecule has 4 heteroatoms. The Morgan fingerprint density at radius 3 is 1.35 bits per heavy atom. The smallest absolute Gasteiger partial charge is 0.184 e. The molecule has 0 aromatic heterocycles. The van der Waals surface area contributed by atoms with Crippen molar-refractivity contribution in [2.24, 2.45) is 0 Å². The lowest BCUT2D eigenvalue weighted by Gasteiger charge is -2.30. The largest absolute Gasteiger partial charge is 0.348 e. The van der Waals surface area contributed by atoms with Crippen LogP contribution in [0.5, 0.6) is 0 Å². The predicted octanol–water partition coefficient (Wildman–Crippen LogP) is 10.0. The monoisotopic (exact) mass is 552 g/mol. The van der Waals surface area contributed by atoms with Crippen LogP contribution in [-0.4, -0.2) is 25.4 Å². The van der Waals surface area contributed by atoms with Crippen molar-refractivity contribution in [1.29, 1.82) is 0 Å². The Bertz CT molecular complexity index is 894. The van der Waals surface area contributed by atoms with E-state index in [4.69, 9.17) is 18.9 Å². The van der Waals surface area contributed by atoms with E-state index in [1.54, 1.807) is 0 Å². The zero-order valence-electron chi connectivity index (χ0n) is 25.9. The fraction of sp³-hybridized carbons (Fsp3) is 0.667. The molecule has 4 atom stereocenters. The van der Waals surface area contributed by atoms with Crippen LogP contribution in [0.15, 0.2) is 48.5 Å². The van der Waals surface area contributed by atoms with E-state index in [0.717, 1.165) is 50.0 Å². The summed E-state index contributed by atoms with van der Waals surface area (Å²) < 4.78 is 23.7. The van der Waals surface area contributed by atoms with Crippen LogP contribution < -0.4 is 0 Å². The average molecular weight is 553 g/mol. The van der Waals surface area contributed by atoms with Crippen LogP contribution in [-0.2, 0) is 31.8 Å². The van der Waals surface area contributed by atoms with Gasteiger partial charge in [0.2, 0.25) is 0 Å². The lowest BCUT2D eigenvalue weighted by Crippen LogP contribution is -2.27. The number of rotatable bonds is 14. The van der Waals surface area contributed by atoms with Gasteiger partial charge in [-0.25, -0.2) is 0 Å². The Morgan fingerprint density at radius 1 is 0.525 bits per heavy atom. The van der Waals surface area contributed by atoms with Crippen molar-refractivity contribution in [3.8, 4) is 0 Å². The molecule has 2 aliphatic rings. The molecule has 2 fully saturated rings. The summed E-state index contributed by atoms with van der Waals surface area (Å²) in [5.41, 5.74) is 5.03. The van der Waals surface area contributed by atoms with Gasteiger partial charge in [0.1, 0.15) is 0 Å². The van der Waals surface area contributed by atoms with Crippen molar-refractivity contribution in [2.45, 2.75) is 142 Å². The SMILES string of the molecule is CCCCCC1CCOC(c2ccc(CC)cc2)O1.CCCCCCCC1CCOC(c2ccc(CC)cc2)O1. The lowest BCUT2D eigenvalue weighted by atomic mass is 10.0. The number of unbranched alkanes of at least 4 members (excludes halogenated alkanes) is 6. The second kappa shape index (κ2) is 19.4. The molecular formula is C36H56O4. The van der Waals surface area contributed by atoms with E-state index in [1.165, 1.54) is 75.3 Å². The van der Waals surface area contributed by atoms with Gasteiger partial charge < -0.3 is 18.9 Å². The van der Waals surface area contributed by atoms with Gasteiger partial charge >= 0.3 is 0 Å². The number of hydrogen-bond acceptors (Lipinski definition) is 4. The first-order valence-electron chi connectivity index (χ1n) is 16.4. The summed E-state index contributed by atoms with van der Waals surface area (Å²) in [6, 6.07) is 17.3. The van der Waals surface area contributed by atoms with Crippen molar-refractivity contribution in [3.63, 3.8) is 0 Å². The molecule has 2 aromatic rings. The molecule has 2 heterocycles. The Morgan fingerprint density at radius 2 is 0.925 bits per heavy atom. The highest BCUT2D eigenvalue weighted by atomic mass is 16.7. The van der Waals surface area contributed by atoms with E-state index in [1.807, 2.05) is 0 Å². The molecule has 4 nitrogen and oxygen atoms in total. The lowest BCUT2D eigenvalue weighted by molar-refractivity contribution is -0.218. The van der Waals surface area contributed by atoms with Gasteiger partial charge in [0, 0.05) is 11.1 Å². The average Bonchev–Trinajstić information content (AvgIpc) is 3.02. The quantitative estimate of drug-likeness (QED) is 0.219. The minimum Gasteiger partial charge on any atom is -0.348 e. The molecule has 2 aliphatic heterocycles. The van der Waals surface area contributed by atoms with Crippen molar-refractivity contribution in [2.75, 3.05) is 13.2 Å². The summed E-state index contributed by atoms with van der Waals surface area (Å²) in [6.07, 6.45) is 17.5. The Hall–Kier alpha value is -1.72. The van der Waals surface area contributed by atoms with Crippen LogP contribution in [0.4, 0.5) is 0 Å². The Labute approximate surface area is 245 Å². The van der Waals surface area contributed by atoms with Gasteiger partial charge in [-0.15, -0.1) is 0 Å². The summed E-state index contributed by atoms with van der Waals surface area (Å²) in [4.78, 5) is 0. The Kier molecular flexibility index (Phi) is 15.9. The Balaban J connectivity index is 0.000000222. The fourth-order valence-electron chi connectivity index (χ4n) is 5.37. The second-order valence-electron chi connectivity index (χ2n) is 11.4. The van der Waals surface area contributed by atoms with Gasteiger partial charge in [-0.3, -0.25) is 0 Å². The molecular weight excluding hydrogens is 496 g/mol. The molecule has 0 bridgehead atoms. The summed E-state index contributed by atoms with van der Waals surface area (Å²) in [5.74, 6) is 0. The van der Waals surface area contributed by atoms with Crippen LogP contribution in [0, 0.1) is 0 Å². The van der Waals surface area contributed by atoms with Crippen molar-refractivity contribution in [1.82, 2.24) is 0 Å². The van der Waals surface area contributed by atoms with Crippen molar-refractivity contribution >= 4 is 0 Å². The minimum absolute atomic E-state index is 0.161. The van der Waals surface area contributed by atoms with Gasteiger partial charge in [0.15, 0.2) is 12.6 Å². The molecule has 4 unspecified atom stereocenters. The number of benzene rings is 2. The van der Waals surface area contributed by atoms with Crippen LogP contribution in [0.2, 0.25) is 0 Å². The van der Waals surface area contributed by atoms with E-state index < -0.39 is 0 Å². The number of hydrogen-bond donors (Lipinski definition) is 0. The van der Waals surface area contributed by atoms with Gasteiger partial charge in [-0.1, -0.05) is 128 Å². The van der Waals surface area contributed by atoms with E-state index in [-0.39, 0.29) is 12.6 Å². The van der Waals surface area contributed by atoms with Gasteiger partial charge in [-0.2, -0.15) is 0 Å². The summed E-state index contributed by atoms with van der Waals surface area (Å²) in [6.45, 7) is 10.5. The molecule has 2 saturated heterocycles. The van der Waals surface area contributed by atoms with E-state index in [0.29, 0.717) is 12.2 Å². The highest BCUT2D eigenvalue weighted by Crippen LogP contribution is 2.30. The molecule has 0 spiro atoms. The minimum atomic E-state index is -0.162. The van der Waals surface area contributed by atoms with Crippen molar-refractivity contribution in [3.05, 3.63) is 70.8 Å². The fourth-order valence-corrected chi connectivity index (χ4v) is 5.37. The van der Waals surface area contributed by atoms with Crippen LogP contribution in [0.3, 0.4) is 0 Å². The maximum atomic E-state index is 6.13. The third kappa shape index (κ3) is 11.6. The molecule has 0 amide bonds. The molecule has 0 radical (unpaired) electrons. The molecule has 40 heavy (non-hydrogen) atoms. The highest BCUT2D eigenvalue weighted by Gasteiger charge is 2.25. The zero-order chi connectivity index (χ0) is 28.4. The standard InChI is InChI=1S/C19H30O2.C17H26O2/c1-3-5-6-7-8-9-18-14-15-20-19(21-18)17-12-10-16(4-2)11-13-17;1-3-5-6-7-16-12-13-18-17(19-16)15-10-8-14(4-2)9-11-15/h10-13,18-19H,3-9,14-15H2,1-2H3;8-11,16-17H,3-7,12-13H2,1-2H3. The van der Waals surface area contributed by atoms with Crippen LogP contribution >= 0.6 is 0 Å². The number of aryl methyl sites for hydroxylation is 2. The maximum Gasteiger partial charge on any atom is 0.184 e. The van der Waals surface area contributed by atoms with Gasteiger partial charge in [0.25, 0.3) is 0 Å². The third-order valence-electron chi connectivity index (χ3n) is 8.13. The molecule has 4 rings (SSSR count). The summed E-state index contributed by atoms with van der Waals surface area (Å²) in [5, 5.41) is 0. The van der Waals surface area contributed by atoms with Gasteiger partial charge in [-0.05, 0) is 49.7 Å². The predicted molar refractivity (Wildman–Crippen MR) is 166 cm³/mol. The molecule has 0 N–H and O–H groups in total. The van der Waals surface area contributed by atoms with E-state index in [2.05, 4.69) is 76.2 Å². The van der Waals surface area contributed by atoms with Gasteiger partial charge in [0.05, 0.1) is 25.4 Å². The van der Waals surface area contributed by atoms with Crippen LogP contribution in [0.25, 0.3) is 0 Å². The topological polar surface area (TPSA) is 36.9 Å². The molecule has 224 valence electrons. The van der Waals surface area contributed by atoms with Crippen molar-refractivity contribution < 1.29 is 18.9 Å². The first-order chi connectivity index (χ1) is 19.7. The van der Waals surface area contributed by atoms with E-state index in [9.17, 15) is 0 Å². The summed E-state index contributed by atoms with van der Waals surface area (Å²) >= 11 is 0. The zero-order valence-corrected chi connectivity index (χ0v) is 25.9.